The van der Waals surface area contributed by atoms with Crippen molar-refractivity contribution in [2.45, 2.75) is 6.92 Å². The molecule has 0 saturated carbocycles. The van der Waals surface area contributed by atoms with Gasteiger partial charge in [0.15, 0.2) is 0 Å². The van der Waals surface area contributed by atoms with Crippen LogP contribution < -0.4 is 0 Å². The van der Waals surface area contributed by atoms with E-state index < -0.39 is 0 Å². The van der Waals surface area contributed by atoms with Crippen molar-refractivity contribution >= 4 is 38.8 Å². The Morgan fingerprint density at radius 3 is 1.49 bits per heavy atom. The Bertz CT molecular complexity index is 2640. The predicted molar refractivity (Wildman–Crippen MR) is 209 cm³/mol. The summed E-state index contributed by atoms with van der Waals surface area (Å²) >= 11 is 0. The van der Waals surface area contributed by atoms with Crippen molar-refractivity contribution in [3.05, 3.63) is 188 Å². The van der Waals surface area contributed by atoms with Crippen LogP contribution in [0.25, 0.3) is 83.5 Å². The number of benzene rings is 7. The van der Waals surface area contributed by atoms with Crippen LogP contribution in [-0.2, 0) is 0 Å². The fourth-order valence-corrected chi connectivity index (χ4v) is 7.46. The second kappa shape index (κ2) is 11.7. The SMILES string of the molecule is C=Cc1c(C)c2cc(-c3ccc4c5ccccc5n(-c5ccc(-c6ccccc6)cc5)c4c3)ccc2n1-c1ccc(-c2ccccc2)cc1. The maximum Gasteiger partial charge on any atom is 0.0547 e. The van der Waals surface area contributed by atoms with Gasteiger partial charge in [0, 0.05) is 33.2 Å². The van der Waals surface area contributed by atoms with Crippen molar-refractivity contribution in [2.75, 3.05) is 0 Å². The monoisotopic (exact) mass is 626 g/mol. The molecule has 7 aromatic carbocycles. The van der Waals surface area contributed by atoms with E-state index in [1.165, 1.54) is 71.7 Å². The molecule has 0 amide bonds. The van der Waals surface area contributed by atoms with Crippen LogP contribution in [-0.4, -0.2) is 9.13 Å². The van der Waals surface area contributed by atoms with Crippen LogP contribution in [0.15, 0.2) is 176 Å². The molecule has 0 bridgehead atoms. The third kappa shape index (κ3) is 4.80. The van der Waals surface area contributed by atoms with Gasteiger partial charge < -0.3 is 9.13 Å². The first-order chi connectivity index (χ1) is 24.2. The van der Waals surface area contributed by atoms with Crippen LogP contribution in [0.1, 0.15) is 11.3 Å². The molecule has 9 aromatic rings. The number of aromatic nitrogens is 2. The van der Waals surface area contributed by atoms with E-state index in [9.17, 15) is 0 Å². The minimum Gasteiger partial charge on any atom is -0.310 e. The normalized spacial score (nSPS) is 11.4. The van der Waals surface area contributed by atoms with Crippen molar-refractivity contribution in [3.8, 4) is 44.8 Å². The van der Waals surface area contributed by atoms with E-state index in [1.807, 2.05) is 6.08 Å². The van der Waals surface area contributed by atoms with Crippen molar-refractivity contribution in [3.63, 3.8) is 0 Å². The van der Waals surface area contributed by atoms with Crippen LogP contribution in [0.5, 0.6) is 0 Å². The highest BCUT2D eigenvalue weighted by molar-refractivity contribution is 6.10. The van der Waals surface area contributed by atoms with Crippen LogP contribution >= 0.6 is 0 Å². The summed E-state index contributed by atoms with van der Waals surface area (Å²) in [5.74, 6) is 0. The quantitative estimate of drug-likeness (QED) is 0.174. The molecule has 232 valence electrons. The molecule has 0 spiro atoms. The molecule has 0 aliphatic heterocycles. The van der Waals surface area contributed by atoms with Gasteiger partial charge >= 0.3 is 0 Å². The average molecular weight is 627 g/mol. The molecule has 2 nitrogen and oxygen atoms in total. The molecule has 2 aromatic heterocycles. The first-order valence-electron chi connectivity index (χ1n) is 16.8. The Hall–Kier alpha value is -6.38. The van der Waals surface area contributed by atoms with Gasteiger partial charge in [-0.05, 0) is 100 Å². The summed E-state index contributed by atoms with van der Waals surface area (Å²) < 4.78 is 4.73. The van der Waals surface area contributed by atoms with E-state index in [0.717, 1.165) is 17.1 Å². The summed E-state index contributed by atoms with van der Waals surface area (Å²) in [7, 11) is 0. The van der Waals surface area contributed by atoms with Crippen molar-refractivity contribution in [1.82, 2.24) is 9.13 Å². The molecule has 0 radical (unpaired) electrons. The van der Waals surface area contributed by atoms with Gasteiger partial charge in [-0.15, -0.1) is 0 Å². The largest absolute Gasteiger partial charge is 0.310 e. The van der Waals surface area contributed by atoms with Crippen molar-refractivity contribution in [1.29, 1.82) is 0 Å². The molecule has 49 heavy (non-hydrogen) atoms. The van der Waals surface area contributed by atoms with E-state index >= 15 is 0 Å². The Kier molecular flexibility index (Phi) is 6.88. The zero-order valence-corrected chi connectivity index (χ0v) is 27.3. The summed E-state index contributed by atoms with van der Waals surface area (Å²) in [6, 6.07) is 61.3. The molecule has 2 heteroatoms. The third-order valence-corrected chi connectivity index (χ3v) is 9.93. The number of fused-ring (bicyclic) bond motifs is 4. The van der Waals surface area contributed by atoms with Crippen molar-refractivity contribution in [2.24, 2.45) is 0 Å². The maximum absolute atomic E-state index is 4.21. The summed E-state index contributed by atoms with van der Waals surface area (Å²) in [6.07, 6.45) is 1.98. The molecule has 0 N–H and O–H groups in total. The molecular formula is C47H34N2. The number of hydrogen-bond acceptors (Lipinski definition) is 0. The number of rotatable bonds is 6. The summed E-state index contributed by atoms with van der Waals surface area (Å²) in [4.78, 5) is 0. The number of para-hydroxylation sites is 1. The number of aryl methyl sites for hydroxylation is 1. The molecule has 0 atom stereocenters. The summed E-state index contributed by atoms with van der Waals surface area (Å²) in [6.45, 7) is 6.42. The van der Waals surface area contributed by atoms with Gasteiger partial charge in [0.2, 0.25) is 0 Å². The highest BCUT2D eigenvalue weighted by atomic mass is 15.0. The average Bonchev–Trinajstić information content (AvgIpc) is 3.66. The topological polar surface area (TPSA) is 9.86 Å². The van der Waals surface area contributed by atoms with Gasteiger partial charge in [0.1, 0.15) is 0 Å². The van der Waals surface area contributed by atoms with Crippen LogP contribution in [0.3, 0.4) is 0 Å². The highest BCUT2D eigenvalue weighted by Crippen LogP contribution is 2.38. The molecule has 0 fully saturated rings. The molecule has 0 saturated heterocycles. The first-order valence-corrected chi connectivity index (χ1v) is 16.8. The Morgan fingerprint density at radius 2 is 0.857 bits per heavy atom. The van der Waals surface area contributed by atoms with E-state index in [-0.39, 0.29) is 0 Å². The van der Waals surface area contributed by atoms with Gasteiger partial charge in [0.25, 0.3) is 0 Å². The Balaban J connectivity index is 1.15. The van der Waals surface area contributed by atoms with E-state index in [1.54, 1.807) is 0 Å². The van der Waals surface area contributed by atoms with Gasteiger partial charge in [-0.3, -0.25) is 0 Å². The second-order valence-corrected chi connectivity index (χ2v) is 12.7. The fraction of sp³-hybridized carbons (Fsp3) is 0.0213. The minimum absolute atomic E-state index is 1.12. The maximum atomic E-state index is 4.21. The molecule has 0 aliphatic carbocycles. The summed E-state index contributed by atoms with van der Waals surface area (Å²) in [5.41, 5.74) is 15.5. The Morgan fingerprint density at radius 1 is 0.388 bits per heavy atom. The highest BCUT2D eigenvalue weighted by Gasteiger charge is 2.17. The number of hydrogen-bond donors (Lipinski definition) is 0. The molecule has 0 unspecified atom stereocenters. The Labute approximate surface area is 286 Å². The van der Waals surface area contributed by atoms with Gasteiger partial charge in [-0.2, -0.15) is 0 Å². The van der Waals surface area contributed by atoms with Crippen LogP contribution in [0, 0.1) is 6.92 Å². The van der Waals surface area contributed by atoms with Crippen LogP contribution in [0.4, 0.5) is 0 Å². The van der Waals surface area contributed by atoms with Gasteiger partial charge in [0.05, 0.1) is 16.6 Å². The van der Waals surface area contributed by atoms with Gasteiger partial charge in [-0.1, -0.05) is 128 Å². The zero-order chi connectivity index (χ0) is 32.9. The number of nitrogens with zero attached hydrogens (tertiary/aromatic N) is 2. The van der Waals surface area contributed by atoms with Crippen LogP contribution in [0.2, 0.25) is 0 Å². The van der Waals surface area contributed by atoms with E-state index in [0.29, 0.717) is 0 Å². The first kappa shape index (κ1) is 28.8. The minimum atomic E-state index is 1.12. The zero-order valence-electron chi connectivity index (χ0n) is 27.3. The lowest BCUT2D eigenvalue weighted by atomic mass is 10.0. The van der Waals surface area contributed by atoms with Crippen molar-refractivity contribution < 1.29 is 0 Å². The fourth-order valence-electron chi connectivity index (χ4n) is 7.46. The lowest BCUT2D eigenvalue weighted by molar-refractivity contribution is 1.10. The molecular weight excluding hydrogens is 593 g/mol. The smallest absolute Gasteiger partial charge is 0.0547 e. The predicted octanol–water partition coefficient (Wildman–Crippen LogP) is 12.7. The lowest BCUT2D eigenvalue weighted by Crippen LogP contribution is -1.97. The lowest BCUT2D eigenvalue weighted by Gasteiger charge is -2.11. The molecule has 2 heterocycles. The standard InChI is InChI=1S/C47H34N2/c1-3-44-32(2)43-30-37(23-29-46(43)48(44)39-24-18-35(19-25-39)33-12-6-4-7-13-33)38-22-28-42-41-16-10-11-17-45(41)49(47(42)31-38)40-26-20-36(21-27-40)34-14-8-5-9-15-34/h3-31H,1H2,2H3. The molecule has 0 aliphatic rings. The summed E-state index contributed by atoms with van der Waals surface area (Å²) in [5, 5.41) is 3.74. The van der Waals surface area contributed by atoms with E-state index in [4.69, 9.17) is 0 Å². The third-order valence-electron chi connectivity index (χ3n) is 9.93. The molecule has 9 rings (SSSR count). The van der Waals surface area contributed by atoms with Gasteiger partial charge in [-0.25, -0.2) is 0 Å². The second-order valence-electron chi connectivity index (χ2n) is 12.7. The van der Waals surface area contributed by atoms with E-state index in [2.05, 4.69) is 192 Å².